The van der Waals surface area contributed by atoms with Gasteiger partial charge in [0.25, 0.3) is 5.91 Å². The molecule has 4 nitrogen and oxygen atoms in total. The lowest BCUT2D eigenvalue weighted by Crippen LogP contribution is -2.68. The minimum absolute atomic E-state index is 0.0130. The average Bonchev–Trinajstić information content (AvgIpc) is 2.40. The molecule has 3 fully saturated rings. The van der Waals surface area contributed by atoms with Crippen LogP contribution in [0.2, 0.25) is 0 Å². The van der Waals surface area contributed by atoms with Gasteiger partial charge in [-0.1, -0.05) is 6.07 Å². The van der Waals surface area contributed by atoms with E-state index in [4.69, 9.17) is 0 Å². The summed E-state index contributed by atoms with van der Waals surface area (Å²) >= 11 is 0. The van der Waals surface area contributed by atoms with Crippen LogP contribution in [-0.2, 0) is 4.79 Å². The number of amides is 1. The minimum atomic E-state index is -0.323. The van der Waals surface area contributed by atoms with Crippen molar-refractivity contribution in [2.45, 2.75) is 0 Å². The van der Waals surface area contributed by atoms with Gasteiger partial charge in [-0.15, -0.1) is 0 Å². The molecule has 1 aromatic rings. The van der Waals surface area contributed by atoms with Gasteiger partial charge in [-0.3, -0.25) is 9.69 Å². The van der Waals surface area contributed by atoms with Gasteiger partial charge in [0.15, 0.2) is 6.54 Å². The highest BCUT2D eigenvalue weighted by Gasteiger charge is 2.39. The third-order valence-corrected chi connectivity index (χ3v) is 4.26. The maximum absolute atomic E-state index is 13.1. The zero-order valence-electron chi connectivity index (χ0n) is 10.9. The molecule has 0 radical (unpaired) electrons. The Morgan fingerprint density at radius 2 is 1.95 bits per heavy atom. The maximum Gasteiger partial charge on any atom is 0.279 e. The van der Waals surface area contributed by atoms with E-state index >= 15 is 0 Å². The van der Waals surface area contributed by atoms with E-state index in [-0.39, 0.29) is 11.7 Å². The summed E-state index contributed by atoms with van der Waals surface area (Å²) in [5.41, 5.74) is 0.541. The molecule has 1 amide bonds. The van der Waals surface area contributed by atoms with E-state index in [1.165, 1.54) is 12.1 Å². The number of rotatable bonds is 3. The molecule has 0 spiro atoms. The van der Waals surface area contributed by atoms with Crippen LogP contribution >= 0.6 is 0 Å². The van der Waals surface area contributed by atoms with Gasteiger partial charge in [-0.25, -0.2) is 4.39 Å². The van der Waals surface area contributed by atoms with Crippen LogP contribution < -0.4 is 5.32 Å². The Morgan fingerprint density at radius 3 is 2.58 bits per heavy atom. The van der Waals surface area contributed by atoms with Crippen LogP contribution in [0.3, 0.4) is 0 Å². The lowest BCUT2D eigenvalue weighted by Gasteiger charge is -2.50. The number of halogens is 1. The first-order valence-electron chi connectivity index (χ1n) is 6.78. The normalized spacial score (nSPS) is 29.2. The summed E-state index contributed by atoms with van der Waals surface area (Å²) in [6.45, 7) is 6.93. The SMILES string of the molecule is O=C(C[N+]12CCN(CC1)CC2)Nc1cccc(F)c1. The van der Waals surface area contributed by atoms with Crippen molar-refractivity contribution < 1.29 is 13.7 Å². The molecular weight excluding hydrogens is 245 g/mol. The number of carbonyl (C=O) groups excluding carboxylic acids is 1. The number of hydrogen-bond acceptors (Lipinski definition) is 2. The fraction of sp³-hybridized carbons (Fsp3) is 0.500. The van der Waals surface area contributed by atoms with E-state index in [9.17, 15) is 9.18 Å². The number of hydrogen-bond donors (Lipinski definition) is 1. The Balaban J connectivity index is 1.62. The molecule has 1 aromatic carbocycles. The molecule has 4 rings (SSSR count). The molecule has 1 N–H and O–H groups in total. The molecule has 0 atom stereocenters. The first-order valence-corrected chi connectivity index (χ1v) is 6.78. The van der Waals surface area contributed by atoms with Crippen molar-refractivity contribution in [2.24, 2.45) is 0 Å². The maximum atomic E-state index is 13.1. The second-order valence-electron chi connectivity index (χ2n) is 5.57. The van der Waals surface area contributed by atoms with Crippen LogP contribution in [-0.4, -0.2) is 61.1 Å². The lowest BCUT2D eigenvalue weighted by molar-refractivity contribution is -0.933. The number of quaternary nitrogens is 1. The van der Waals surface area contributed by atoms with Gasteiger partial charge in [0.05, 0.1) is 19.6 Å². The smallest absolute Gasteiger partial charge is 0.279 e. The molecule has 2 bridgehead atoms. The Kier molecular flexibility index (Phi) is 3.24. The topological polar surface area (TPSA) is 32.3 Å². The fourth-order valence-electron chi connectivity index (χ4n) is 3.04. The molecule has 3 aliphatic rings. The highest BCUT2D eigenvalue weighted by molar-refractivity contribution is 5.91. The van der Waals surface area contributed by atoms with Crippen LogP contribution in [0.5, 0.6) is 0 Å². The minimum Gasteiger partial charge on any atom is -0.321 e. The predicted molar refractivity (Wildman–Crippen MR) is 71.2 cm³/mol. The Hall–Kier alpha value is -1.46. The average molecular weight is 264 g/mol. The molecule has 0 unspecified atom stereocenters. The summed E-state index contributed by atoms with van der Waals surface area (Å²) in [4.78, 5) is 14.6. The number of piperazine rings is 3. The van der Waals surface area contributed by atoms with E-state index in [2.05, 4.69) is 10.2 Å². The molecular formula is C14H19FN3O+. The molecule has 5 heteroatoms. The van der Waals surface area contributed by atoms with E-state index < -0.39 is 0 Å². The number of nitrogens with zero attached hydrogens (tertiary/aromatic N) is 2. The van der Waals surface area contributed by atoms with Crippen molar-refractivity contribution in [2.75, 3.05) is 51.1 Å². The Bertz CT molecular complexity index is 470. The highest BCUT2D eigenvalue weighted by atomic mass is 19.1. The summed E-state index contributed by atoms with van der Waals surface area (Å²) < 4.78 is 13.9. The van der Waals surface area contributed by atoms with E-state index in [0.717, 1.165) is 43.8 Å². The van der Waals surface area contributed by atoms with Crippen LogP contribution in [0.15, 0.2) is 24.3 Å². The first-order chi connectivity index (χ1) is 9.15. The zero-order chi connectivity index (χ0) is 13.3. The molecule has 0 aliphatic carbocycles. The van der Waals surface area contributed by atoms with Gasteiger partial charge >= 0.3 is 0 Å². The third kappa shape index (κ3) is 2.77. The van der Waals surface area contributed by atoms with Crippen molar-refractivity contribution >= 4 is 11.6 Å². The molecule has 0 aromatic heterocycles. The van der Waals surface area contributed by atoms with Gasteiger partial charge in [-0.05, 0) is 18.2 Å². The number of fused-ring (bicyclic) bond motifs is 3. The van der Waals surface area contributed by atoms with Gasteiger partial charge in [-0.2, -0.15) is 0 Å². The van der Waals surface area contributed by atoms with Crippen molar-refractivity contribution in [3.8, 4) is 0 Å². The largest absolute Gasteiger partial charge is 0.321 e. The van der Waals surface area contributed by atoms with Crippen molar-refractivity contribution in [3.05, 3.63) is 30.1 Å². The van der Waals surface area contributed by atoms with Gasteiger partial charge in [0.1, 0.15) is 5.82 Å². The number of anilines is 1. The molecule has 3 saturated heterocycles. The van der Waals surface area contributed by atoms with Gasteiger partial charge in [0, 0.05) is 25.3 Å². The monoisotopic (exact) mass is 264 g/mol. The van der Waals surface area contributed by atoms with Crippen LogP contribution in [0, 0.1) is 5.82 Å². The van der Waals surface area contributed by atoms with Crippen molar-refractivity contribution in [1.29, 1.82) is 0 Å². The molecule has 102 valence electrons. The standard InChI is InChI=1S/C14H18FN3O/c15-12-2-1-3-13(10-12)16-14(19)11-18-7-4-17(5-8-18)6-9-18/h1-3,10H,4-9,11H2/p+1. The second kappa shape index (κ2) is 4.90. The Labute approximate surface area is 112 Å². The van der Waals surface area contributed by atoms with Crippen LogP contribution in [0.1, 0.15) is 0 Å². The zero-order valence-corrected chi connectivity index (χ0v) is 10.9. The third-order valence-electron chi connectivity index (χ3n) is 4.26. The molecule has 19 heavy (non-hydrogen) atoms. The van der Waals surface area contributed by atoms with Crippen LogP contribution in [0.25, 0.3) is 0 Å². The summed E-state index contributed by atoms with van der Waals surface area (Å²) in [6.07, 6.45) is 0. The number of benzene rings is 1. The molecule has 0 saturated carbocycles. The fourth-order valence-corrected chi connectivity index (χ4v) is 3.04. The van der Waals surface area contributed by atoms with E-state index in [1.54, 1.807) is 12.1 Å². The van der Waals surface area contributed by atoms with Crippen LogP contribution in [0.4, 0.5) is 10.1 Å². The van der Waals surface area contributed by atoms with E-state index in [0.29, 0.717) is 12.2 Å². The molecule has 3 aliphatic heterocycles. The second-order valence-corrected chi connectivity index (χ2v) is 5.57. The number of nitrogens with one attached hydrogen (secondary N) is 1. The highest BCUT2D eigenvalue weighted by Crippen LogP contribution is 2.19. The summed E-state index contributed by atoms with van der Waals surface area (Å²) in [5, 5.41) is 2.80. The van der Waals surface area contributed by atoms with Gasteiger partial charge < -0.3 is 9.80 Å². The predicted octanol–water partition coefficient (Wildman–Crippen LogP) is 0.910. The quantitative estimate of drug-likeness (QED) is 0.823. The summed E-state index contributed by atoms with van der Waals surface area (Å²) in [6, 6.07) is 6.06. The Morgan fingerprint density at radius 1 is 1.26 bits per heavy atom. The molecule has 3 heterocycles. The van der Waals surface area contributed by atoms with Crippen molar-refractivity contribution in [1.82, 2.24) is 4.90 Å². The van der Waals surface area contributed by atoms with Crippen molar-refractivity contribution in [3.63, 3.8) is 0 Å². The summed E-state index contributed by atoms with van der Waals surface area (Å²) in [5.74, 6) is -0.336. The van der Waals surface area contributed by atoms with E-state index in [1.807, 2.05) is 0 Å². The summed E-state index contributed by atoms with van der Waals surface area (Å²) in [7, 11) is 0. The first kappa shape index (κ1) is 12.6. The lowest BCUT2D eigenvalue weighted by atomic mass is 10.1. The van der Waals surface area contributed by atoms with Gasteiger partial charge in [0.2, 0.25) is 0 Å². The number of carbonyl (C=O) groups is 1.